The number of amides is 3. The molecule has 2 heterocycles. The van der Waals surface area contributed by atoms with Crippen LogP contribution in [0.5, 0.6) is 0 Å². The Kier molecular flexibility index (Phi) is 5.96. The Morgan fingerprint density at radius 1 is 1.11 bits per heavy atom. The molecule has 1 aromatic heterocycles. The summed E-state index contributed by atoms with van der Waals surface area (Å²) in [6.07, 6.45) is 4.19. The van der Waals surface area contributed by atoms with Crippen molar-refractivity contribution in [2.45, 2.75) is 55.5 Å². The highest BCUT2D eigenvalue weighted by Crippen LogP contribution is 2.46. The number of rotatable bonds is 5. The maximum absolute atomic E-state index is 13.6. The van der Waals surface area contributed by atoms with Gasteiger partial charge in [0.15, 0.2) is 9.84 Å². The lowest BCUT2D eigenvalue weighted by Crippen LogP contribution is -2.50. The van der Waals surface area contributed by atoms with Crippen LogP contribution in [0.25, 0.3) is 10.2 Å². The van der Waals surface area contributed by atoms with E-state index in [1.54, 1.807) is 35.4 Å². The molecule has 0 N–H and O–H groups in total. The predicted octanol–water partition coefficient (Wildman–Crippen LogP) is 4.83. The van der Waals surface area contributed by atoms with Crippen molar-refractivity contribution in [3.05, 3.63) is 59.1 Å². The van der Waals surface area contributed by atoms with Crippen LogP contribution in [0, 0.1) is 5.92 Å². The number of thiazole rings is 1. The summed E-state index contributed by atoms with van der Waals surface area (Å²) in [5.41, 5.74) is 4.10. The lowest BCUT2D eigenvalue weighted by Gasteiger charge is -2.41. The van der Waals surface area contributed by atoms with Gasteiger partial charge in [-0.1, -0.05) is 25.1 Å². The van der Waals surface area contributed by atoms with Crippen molar-refractivity contribution in [2.75, 3.05) is 13.3 Å². The first-order chi connectivity index (χ1) is 16.6. The van der Waals surface area contributed by atoms with Gasteiger partial charge >= 0.3 is 6.03 Å². The van der Waals surface area contributed by atoms with Gasteiger partial charge in [-0.05, 0) is 72.9 Å². The molecule has 1 spiro atoms. The van der Waals surface area contributed by atoms with Gasteiger partial charge in [-0.3, -0.25) is 9.69 Å². The number of sulfone groups is 1. The second kappa shape index (κ2) is 8.71. The number of imide groups is 1. The highest BCUT2D eigenvalue weighted by molar-refractivity contribution is 7.90. The number of aromatic nitrogens is 1. The van der Waals surface area contributed by atoms with Gasteiger partial charge < -0.3 is 4.90 Å². The lowest BCUT2D eigenvalue weighted by atomic mass is 9.70. The smallest absolute Gasteiger partial charge is 0.313 e. The van der Waals surface area contributed by atoms with E-state index in [9.17, 15) is 18.0 Å². The van der Waals surface area contributed by atoms with E-state index in [1.165, 1.54) is 27.3 Å². The Bertz CT molecular complexity index is 1390. The number of nitrogens with zero attached hydrogens (tertiary/aromatic N) is 3. The maximum atomic E-state index is 13.6. The van der Waals surface area contributed by atoms with Crippen molar-refractivity contribution >= 4 is 43.3 Å². The third kappa shape index (κ3) is 4.14. The molecule has 1 saturated carbocycles. The summed E-state index contributed by atoms with van der Waals surface area (Å²) < 4.78 is 24.6. The zero-order chi connectivity index (χ0) is 25.0. The normalized spacial score (nSPS) is 24.0. The fraction of sp³-hybridized carbons (Fsp3) is 0.423. The molecule has 3 aromatic rings. The molecule has 1 atom stereocenters. The highest BCUT2D eigenvalue weighted by atomic mass is 32.2. The fourth-order valence-electron chi connectivity index (χ4n) is 5.61. The molecule has 0 bridgehead atoms. The number of hydrogen-bond acceptors (Lipinski definition) is 6. The Morgan fingerprint density at radius 3 is 2.46 bits per heavy atom. The standard InChI is InChI=1S/C26H29N3O4S2/c1-17(20-6-9-23-22(14-20)27-16-34-23)19-10-12-26(13-11-19)24(30)29(25(31)28(26)2)15-18-4-7-21(8-5-18)35(3,32)33/h4-9,14,16-17,19H,10-13,15H2,1-3H3. The molecule has 184 valence electrons. The first-order valence-corrected chi connectivity index (χ1v) is 14.6. The van der Waals surface area contributed by atoms with Crippen molar-refractivity contribution in [2.24, 2.45) is 5.92 Å². The Balaban J connectivity index is 1.29. The molecular weight excluding hydrogens is 482 g/mol. The SMILES string of the molecule is CC(c1ccc2scnc2c1)C1CCC2(CC1)C(=O)N(Cc1ccc(S(C)(=O)=O)cc1)C(=O)N2C. The number of hydrogen-bond donors (Lipinski definition) is 0. The van der Waals surface area contributed by atoms with Crippen LogP contribution in [0.1, 0.15) is 49.7 Å². The van der Waals surface area contributed by atoms with Crippen LogP contribution in [0.15, 0.2) is 52.9 Å². The third-order valence-electron chi connectivity index (χ3n) is 7.94. The van der Waals surface area contributed by atoms with E-state index in [0.717, 1.165) is 30.2 Å². The second-order valence-corrected chi connectivity index (χ2v) is 12.8. The lowest BCUT2D eigenvalue weighted by molar-refractivity contribution is -0.135. The van der Waals surface area contributed by atoms with Crippen LogP contribution in [0.3, 0.4) is 0 Å². The molecule has 35 heavy (non-hydrogen) atoms. The Morgan fingerprint density at radius 2 is 1.80 bits per heavy atom. The summed E-state index contributed by atoms with van der Waals surface area (Å²) in [5.74, 6) is 0.637. The third-order valence-corrected chi connectivity index (χ3v) is 9.88. The van der Waals surface area contributed by atoms with Crippen molar-refractivity contribution in [1.29, 1.82) is 0 Å². The molecular formula is C26H29N3O4S2. The summed E-state index contributed by atoms with van der Waals surface area (Å²) >= 11 is 1.64. The van der Waals surface area contributed by atoms with Crippen LogP contribution >= 0.6 is 11.3 Å². The molecule has 9 heteroatoms. The molecule has 2 aliphatic rings. The van der Waals surface area contributed by atoms with E-state index in [-0.39, 0.29) is 23.4 Å². The minimum absolute atomic E-state index is 0.140. The first kappa shape index (κ1) is 23.9. The average molecular weight is 512 g/mol. The van der Waals surface area contributed by atoms with Gasteiger partial charge in [0.25, 0.3) is 5.91 Å². The van der Waals surface area contributed by atoms with Crippen LogP contribution in [0.4, 0.5) is 4.79 Å². The topological polar surface area (TPSA) is 87.6 Å². The number of likely N-dealkylation sites (N-methyl/N-ethyl adjacent to an activating group) is 1. The van der Waals surface area contributed by atoms with Gasteiger partial charge in [-0.15, -0.1) is 11.3 Å². The minimum Gasteiger partial charge on any atom is -0.313 e. The first-order valence-electron chi connectivity index (χ1n) is 11.8. The molecule has 1 unspecified atom stereocenters. The minimum atomic E-state index is -3.30. The zero-order valence-corrected chi connectivity index (χ0v) is 21.7. The summed E-state index contributed by atoms with van der Waals surface area (Å²) in [7, 11) is -1.57. The molecule has 2 aromatic carbocycles. The van der Waals surface area contributed by atoms with Gasteiger partial charge in [-0.2, -0.15) is 0 Å². The molecule has 1 aliphatic carbocycles. The molecule has 7 nitrogen and oxygen atoms in total. The average Bonchev–Trinajstić information content (AvgIpc) is 3.38. The fourth-order valence-corrected chi connectivity index (χ4v) is 6.90. The molecule has 3 amide bonds. The van der Waals surface area contributed by atoms with E-state index in [2.05, 4.69) is 30.1 Å². The quantitative estimate of drug-likeness (QED) is 0.458. The summed E-state index contributed by atoms with van der Waals surface area (Å²) in [6.45, 7) is 2.38. The molecule has 2 fully saturated rings. The largest absolute Gasteiger partial charge is 0.327 e. The van der Waals surface area contributed by atoms with Gasteiger partial charge in [0.1, 0.15) is 5.54 Å². The van der Waals surface area contributed by atoms with Crippen molar-refractivity contribution in [3.8, 4) is 0 Å². The molecule has 5 rings (SSSR count). The van der Waals surface area contributed by atoms with Crippen LogP contribution in [-0.2, 0) is 21.2 Å². The number of fused-ring (bicyclic) bond motifs is 1. The summed E-state index contributed by atoms with van der Waals surface area (Å²) in [4.78, 5) is 34.2. The van der Waals surface area contributed by atoms with Crippen LogP contribution in [0.2, 0.25) is 0 Å². The monoisotopic (exact) mass is 511 g/mol. The Hall–Kier alpha value is -2.78. The summed E-state index contributed by atoms with van der Waals surface area (Å²) in [6, 6.07) is 12.6. The van der Waals surface area contributed by atoms with Crippen molar-refractivity contribution in [1.82, 2.24) is 14.8 Å². The van der Waals surface area contributed by atoms with Gasteiger partial charge in [-0.25, -0.2) is 18.2 Å². The summed E-state index contributed by atoms with van der Waals surface area (Å²) in [5, 5.41) is 0. The Labute approximate surface area is 209 Å². The number of urea groups is 1. The van der Waals surface area contributed by atoms with E-state index in [4.69, 9.17) is 0 Å². The van der Waals surface area contributed by atoms with E-state index < -0.39 is 15.4 Å². The predicted molar refractivity (Wildman–Crippen MR) is 136 cm³/mol. The van der Waals surface area contributed by atoms with E-state index >= 15 is 0 Å². The van der Waals surface area contributed by atoms with E-state index in [0.29, 0.717) is 24.7 Å². The molecule has 0 radical (unpaired) electrons. The van der Waals surface area contributed by atoms with Crippen molar-refractivity contribution in [3.63, 3.8) is 0 Å². The van der Waals surface area contributed by atoms with E-state index in [1.807, 2.05) is 5.51 Å². The highest BCUT2D eigenvalue weighted by Gasteiger charge is 2.56. The maximum Gasteiger partial charge on any atom is 0.327 e. The van der Waals surface area contributed by atoms with Crippen LogP contribution < -0.4 is 0 Å². The molecule has 1 saturated heterocycles. The van der Waals surface area contributed by atoms with Gasteiger partial charge in [0, 0.05) is 13.3 Å². The number of carbonyl (C=O) groups is 2. The van der Waals surface area contributed by atoms with Gasteiger partial charge in [0.05, 0.1) is 27.2 Å². The number of carbonyl (C=O) groups excluding carboxylic acids is 2. The number of benzene rings is 2. The zero-order valence-electron chi connectivity index (χ0n) is 20.1. The van der Waals surface area contributed by atoms with Gasteiger partial charge in [0.2, 0.25) is 0 Å². The van der Waals surface area contributed by atoms with Crippen LogP contribution in [-0.4, -0.2) is 54.0 Å². The van der Waals surface area contributed by atoms with Crippen molar-refractivity contribution < 1.29 is 18.0 Å². The second-order valence-electron chi connectivity index (χ2n) is 9.89. The molecule has 1 aliphatic heterocycles.